The molecule has 17 heavy (non-hydrogen) atoms. The predicted molar refractivity (Wildman–Crippen MR) is 60.4 cm³/mol. The van der Waals surface area contributed by atoms with E-state index in [1.165, 1.54) is 0 Å². The Kier molecular flexibility index (Phi) is 2.18. The molecular formula is C13H13NO3. The second-order valence-electron chi connectivity index (χ2n) is 4.82. The number of fused-ring (bicyclic) bond motifs is 1. The van der Waals surface area contributed by atoms with E-state index >= 15 is 0 Å². The Morgan fingerprint density at radius 2 is 2.06 bits per heavy atom. The zero-order chi connectivity index (χ0) is 12.0. The highest BCUT2D eigenvalue weighted by Gasteiger charge is 2.51. The van der Waals surface area contributed by atoms with Crippen molar-refractivity contribution < 1.29 is 14.7 Å². The van der Waals surface area contributed by atoms with Crippen molar-refractivity contribution in [3.63, 3.8) is 0 Å². The molecule has 88 valence electrons. The Bertz CT molecular complexity index is 480. The van der Waals surface area contributed by atoms with Gasteiger partial charge in [-0.25, -0.2) is 4.79 Å². The SMILES string of the molecule is O=C(O)c1ccc(CN2CC3CC3C2=O)cc1. The van der Waals surface area contributed by atoms with Crippen molar-refractivity contribution in [1.29, 1.82) is 0 Å². The topological polar surface area (TPSA) is 57.6 Å². The Morgan fingerprint density at radius 1 is 1.35 bits per heavy atom. The second-order valence-corrected chi connectivity index (χ2v) is 4.82. The summed E-state index contributed by atoms with van der Waals surface area (Å²) in [4.78, 5) is 24.3. The standard InChI is InChI=1S/C13H13NO3/c15-12-11-5-10(11)7-14(12)6-8-1-3-9(4-2-8)13(16)17/h1-4,10-11H,5-7H2,(H,16,17). The fourth-order valence-corrected chi connectivity index (χ4v) is 2.47. The van der Waals surface area contributed by atoms with E-state index in [1.54, 1.807) is 24.3 Å². The minimum Gasteiger partial charge on any atom is -0.478 e. The number of aromatic carboxylic acids is 1. The molecule has 1 aromatic carbocycles. The van der Waals surface area contributed by atoms with Gasteiger partial charge in [0.2, 0.25) is 5.91 Å². The van der Waals surface area contributed by atoms with Gasteiger partial charge in [-0.3, -0.25) is 4.79 Å². The van der Waals surface area contributed by atoms with Crippen molar-refractivity contribution in [3.05, 3.63) is 35.4 Å². The molecule has 0 spiro atoms. The molecule has 2 aliphatic rings. The summed E-state index contributed by atoms with van der Waals surface area (Å²) >= 11 is 0. The molecule has 1 saturated heterocycles. The van der Waals surface area contributed by atoms with Gasteiger partial charge in [0.15, 0.2) is 0 Å². The number of carboxylic acids is 1. The normalized spacial score (nSPS) is 25.9. The number of hydrogen-bond acceptors (Lipinski definition) is 2. The molecule has 0 aromatic heterocycles. The summed E-state index contributed by atoms with van der Waals surface area (Å²) in [5, 5.41) is 8.78. The fraction of sp³-hybridized carbons (Fsp3) is 0.385. The quantitative estimate of drug-likeness (QED) is 0.854. The van der Waals surface area contributed by atoms with Gasteiger partial charge in [-0.05, 0) is 30.0 Å². The first-order valence-electron chi connectivity index (χ1n) is 5.76. The van der Waals surface area contributed by atoms with E-state index in [0.717, 1.165) is 18.5 Å². The summed E-state index contributed by atoms with van der Waals surface area (Å²) in [5.41, 5.74) is 1.27. The lowest BCUT2D eigenvalue weighted by Gasteiger charge is -2.18. The zero-order valence-electron chi connectivity index (χ0n) is 9.30. The number of carboxylic acid groups (broad SMARTS) is 1. The summed E-state index contributed by atoms with van der Waals surface area (Å²) in [6.07, 6.45) is 1.06. The zero-order valence-corrected chi connectivity index (χ0v) is 9.30. The molecule has 3 rings (SSSR count). The van der Waals surface area contributed by atoms with Gasteiger partial charge >= 0.3 is 5.97 Å². The summed E-state index contributed by atoms with van der Waals surface area (Å²) in [7, 11) is 0. The number of nitrogens with zero attached hydrogens (tertiary/aromatic N) is 1. The predicted octanol–water partition coefficient (Wildman–Crippen LogP) is 1.36. The van der Waals surface area contributed by atoms with Gasteiger partial charge in [0.05, 0.1) is 5.56 Å². The van der Waals surface area contributed by atoms with Crippen molar-refractivity contribution in [2.45, 2.75) is 13.0 Å². The van der Waals surface area contributed by atoms with Crippen LogP contribution >= 0.6 is 0 Å². The van der Waals surface area contributed by atoms with Crippen molar-refractivity contribution in [3.8, 4) is 0 Å². The molecular weight excluding hydrogens is 218 g/mol. The van der Waals surface area contributed by atoms with E-state index in [-0.39, 0.29) is 17.4 Å². The molecule has 0 bridgehead atoms. The molecule has 1 N–H and O–H groups in total. The first-order chi connectivity index (χ1) is 8.15. The smallest absolute Gasteiger partial charge is 0.335 e. The molecule has 1 aliphatic heterocycles. The molecule has 1 aromatic rings. The third kappa shape index (κ3) is 1.79. The van der Waals surface area contributed by atoms with Gasteiger partial charge in [0.25, 0.3) is 0 Å². The average molecular weight is 231 g/mol. The molecule has 1 amide bonds. The Balaban J connectivity index is 1.69. The highest BCUT2D eigenvalue weighted by atomic mass is 16.4. The molecule has 0 radical (unpaired) electrons. The van der Waals surface area contributed by atoms with Crippen LogP contribution in [0.2, 0.25) is 0 Å². The number of rotatable bonds is 3. The van der Waals surface area contributed by atoms with E-state index in [4.69, 9.17) is 5.11 Å². The molecule has 4 heteroatoms. The Labute approximate surface area is 98.9 Å². The first kappa shape index (κ1) is 10.3. The van der Waals surface area contributed by atoms with Gasteiger partial charge in [0.1, 0.15) is 0 Å². The lowest BCUT2D eigenvalue weighted by atomic mass is 10.1. The lowest BCUT2D eigenvalue weighted by Crippen LogP contribution is -2.27. The van der Waals surface area contributed by atoms with E-state index in [0.29, 0.717) is 12.5 Å². The van der Waals surface area contributed by atoms with E-state index in [9.17, 15) is 9.59 Å². The molecule has 1 saturated carbocycles. The number of piperidine rings is 1. The fourth-order valence-electron chi connectivity index (χ4n) is 2.47. The van der Waals surface area contributed by atoms with Crippen LogP contribution in [0.4, 0.5) is 0 Å². The Hall–Kier alpha value is -1.84. The molecule has 2 fully saturated rings. The summed E-state index contributed by atoms with van der Waals surface area (Å²) in [5.74, 6) is 0.210. The van der Waals surface area contributed by atoms with Crippen LogP contribution in [0.25, 0.3) is 0 Å². The van der Waals surface area contributed by atoms with Crippen LogP contribution in [-0.2, 0) is 11.3 Å². The number of hydrogen-bond donors (Lipinski definition) is 1. The largest absolute Gasteiger partial charge is 0.478 e. The number of carbonyl (C=O) groups excluding carboxylic acids is 1. The number of amides is 1. The maximum atomic E-state index is 11.8. The summed E-state index contributed by atoms with van der Waals surface area (Å²) in [6, 6.07) is 6.72. The molecule has 4 nitrogen and oxygen atoms in total. The third-order valence-electron chi connectivity index (χ3n) is 3.58. The van der Waals surface area contributed by atoms with E-state index in [2.05, 4.69) is 0 Å². The number of carbonyl (C=O) groups is 2. The van der Waals surface area contributed by atoms with Crippen LogP contribution in [0.1, 0.15) is 22.3 Å². The van der Waals surface area contributed by atoms with Crippen LogP contribution in [-0.4, -0.2) is 28.4 Å². The first-order valence-corrected chi connectivity index (χ1v) is 5.76. The van der Waals surface area contributed by atoms with Gasteiger partial charge < -0.3 is 10.0 Å². The molecule has 1 aliphatic carbocycles. The second kappa shape index (κ2) is 3.58. The molecule has 2 atom stereocenters. The van der Waals surface area contributed by atoms with Gasteiger partial charge in [-0.15, -0.1) is 0 Å². The van der Waals surface area contributed by atoms with Crippen LogP contribution in [0, 0.1) is 11.8 Å². The van der Waals surface area contributed by atoms with Gasteiger partial charge in [0, 0.05) is 19.0 Å². The summed E-state index contributed by atoms with van der Waals surface area (Å²) < 4.78 is 0. The maximum absolute atomic E-state index is 11.8. The van der Waals surface area contributed by atoms with Crippen molar-refractivity contribution >= 4 is 11.9 Å². The highest BCUT2D eigenvalue weighted by molar-refractivity contribution is 5.87. The van der Waals surface area contributed by atoms with Crippen molar-refractivity contribution in [2.24, 2.45) is 11.8 Å². The third-order valence-corrected chi connectivity index (χ3v) is 3.58. The monoisotopic (exact) mass is 231 g/mol. The van der Waals surface area contributed by atoms with Gasteiger partial charge in [-0.2, -0.15) is 0 Å². The van der Waals surface area contributed by atoms with E-state index < -0.39 is 5.97 Å². The average Bonchev–Trinajstić information content (AvgIpc) is 3.01. The van der Waals surface area contributed by atoms with Crippen LogP contribution in [0.5, 0.6) is 0 Å². The van der Waals surface area contributed by atoms with E-state index in [1.807, 2.05) is 4.90 Å². The van der Waals surface area contributed by atoms with Crippen LogP contribution < -0.4 is 0 Å². The minimum absolute atomic E-state index is 0.261. The van der Waals surface area contributed by atoms with Crippen LogP contribution in [0.15, 0.2) is 24.3 Å². The summed E-state index contributed by atoms with van der Waals surface area (Å²) in [6.45, 7) is 1.47. The minimum atomic E-state index is -0.921. The molecule has 2 unspecified atom stereocenters. The number of benzene rings is 1. The van der Waals surface area contributed by atoms with Crippen molar-refractivity contribution in [1.82, 2.24) is 4.90 Å². The molecule has 1 heterocycles. The van der Waals surface area contributed by atoms with Crippen LogP contribution in [0.3, 0.4) is 0 Å². The van der Waals surface area contributed by atoms with Crippen molar-refractivity contribution in [2.75, 3.05) is 6.54 Å². The number of likely N-dealkylation sites (tertiary alicyclic amines) is 1. The Morgan fingerprint density at radius 3 is 2.59 bits per heavy atom. The highest BCUT2D eigenvalue weighted by Crippen LogP contribution is 2.46. The lowest BCUT2D eigenvalue weighted by molar-refractivity contribution is -0.130. The maximum Gasteiger partial charge on any atom is 0.335 e. The van der Waals surface area contributed by atoms with Gasteiger partial charge in [-0.1, -0.05) is 12.1 Å².